The van der Waals surface area contributed by atoms with Crippen LogP contribution in [0.3, 0.4) is 0 Å². The molecule has 1 amide bonds. The number of carbonyl (C=O) groups excluding carboxylic acids is 1. The van der Waals surface area contributed by atoms with Crippen LogP contribution in [0.2, 0.25) is 0 Å². The maximum Gasteiger partial charge on any atom is 0.233 e. The number of benzene rings is 1. The van der Waals surface area contributed by atoms with Crippen LogP contribution in [0, 0.1) is 16.7 Å². The standard InChI is InChI=1S/C25H30N2O2/c1-18-24(2,3)21-11-12-25(18,14-21)23(28)27(16-19-8-7-13-26-15-19)17-20-9-5-6-10-22(20)29-4/h5-10,13,15,21H,1,11-12,14,16-17H2,2-4H3. The third-order valence-electron chi connectivity index (χ3n) is 7.24. The van der Waals surface area contributed by atoms with Crippen LogP contribution in [0.4, 0.5) is 0 Å². The van der Waals surface area contributed by atoms with E-state index in [-0.39, 0.29) is 11.3 Å². The Morgan fingerprint density at radius 1 is 1.24 bits per heavy atom. The van der Waals surface area contributed by atoms with Gasteiger partial charge >= 0.3 is 0 Å². The normalized spacial score (nSPS) is 24.5. The third-order valence-corrected chi connectivity index (χ3v) is 7.24. The largest absolute Gasteiger partial charge is 0.496 e. The van der Waals surface area contributed by atoms with E-state index in [0.29, 0.717) is 19.0 Å². The number of hydrogen-bond donors (Lipinski definition) is 0. The summed E-state index contributed by atoms with van der Waals surface area (Å²) in [4.78, 5) is 20.3. The Bertz CT molecular complexity index is 921. The molecule has 2 unspecified atom stereocenters. The minimum absolute atomic E-state index is 0.0261. The van der Waals surface area contributed by atoms with E-state index in [1.54, 1.807) is 13.3 Å². The van der Waals surface area contributed by atoms with E-state index in [4.69, 9.17) is 4.74 Å². The average molecular weight is 391 g/mol. The second kappa shape index (κ2) is 7.33. The van der Waals surface area contributed by atoms with Crippen molar-refractivity contribution in [1.82, 2.24) is 9.88 Å². The first-order valence-corrected chi connectivity index (χ1v) is 10.4. The van der Waals surface area contributed by atoms with E-state index in [0.717, 1.165) is 41.7 Å². The number of aromatic nitrogens is 1. The molecule has 29 heavy (non-hydrogen) atoms. The van der Waals surface area contributed by atoms with Crippen molar-refractivity contribution in [2.24, 2.45) is 16.7 Å². The van der Waals surface area contributed by atoms with Crippen LogP contribution in [0.15, 0.2) is 60.9 Å². The Morgan fingerprint density at radius 2 is 2.03 bits per heavy atom. The number of rotatable bonds is 6. The Kier molecular flexibility index (Phi) is 4.97. The Balaban J connectivity index is 1.68. The predicted octanol–water partition coefficient (Wildman–Crippen LogP) is 5.00. The maximum atomic E-state index is 14.0. The predicted molar refractivity (Wildman–Crippen MR) is 114 cm³/mol. The van der Waals surface area contributed by atoms with Crippen molar-refractivity contribution in [3.63, 3.8) is 0 Å². The van der Waals surface area contributed by atoms with Gasteiger partial charge in [-0.2, -0.15) is 0 Å². The second-order valence-corrected chi connectivity index (χ2v) is 9.06. The highest BCUT2D eigenvalue weighted by atomic mass is 16.5. The number of carbonyl (C=O) groups is 1. The Morgan fingerprint density at radius 3 is 2.69 bits per heavy atom. The molecule has 2 atom stereocenters. The Hall–Kier alpha value is -2.62. The molecule has 1 aromatic carbocycles. The number of pyridine rings is 1. The fourth-order valence-electron chi connectivity index (χ4n) is 5.38. The number of methoxy groups -OCH3 is 1. The lowest BCUT2D eigenvalue weighted by Gasteiger charge is -2.40. The molecular formula is C25H30N2O2. The van der Waals surface area contributed by atoms with E-state index in [1.807, 2.05) is 47.5 Å². The van der Waals surface area contributed by atoms with Gasteiger partial charge in [-0.25, -0.2) is 0 Å². The minimum atomic E-state index is -0.432. The lowest BCUT2D eigenvalue weighted by atomic mass is 9.68. The lowest BCUT2D eigenvalue weighted by Crippen LogP contribution is -2.43. The highest BCUT2D eigenvalue weighted by Gasteiger charge is 2.61. The van der Waals surface area contributed by atoms with Crippen LogP contribution in [0.25, 0.3) is 0 Å². The molecule has 2 aromatic rings. The van der Waals surface area contributed by atoms with Crippen LogP contribution in [0.1, 0.15) is 44.2 Å². The van der Waals surface area contributed by atoms with Gasteiger partial charge < -0.3 is 9.64 Å². The molecule has 2 aliphatic carbocycles. The molecule has 1 aromatic heterocycles. The molecule has 0 N–H and O–H groups in total. The zero-order valence-corrected chi connectivity index (χ0v) is 17.6. The summed E-state index contributed by atoms with van der Waals surface area (Å²) in [6.07, 6.45) is 6.54. The van der Waals surface area contributed by atoms with Crippen LogP contribution < -0.4 is 4.74 Å². The monoisotopic (exact) mass is 390 g/mol. The van der Waals surface area contributed by atoms with Crippen LogP contribution in [-0.2, 0) is 17.9 Å². The highest BCUT2D eigenvalue weighted by molar-refractivity contribution is 5.87. The summed E-state index contributed by atoms with van der Waals surface area (Å²) in [5.41, 5.74) is 2.75. The summed E-state index contributed by atoms with van der Waals surface area (Å²) in [7, 11) is 1.67. The molecule has 1 heterocycles. The first-order valence-electron chi connectivity index (χ1n) is 10.4. The van der Waals surface area contributed by atoms with Crippen LogP contribution >= 0.6 is 0 Å². The number of nitrogens with zero attached hydrogens (tertiary/aromatic N) is 2. The molecule has 0 aliphatic heterocycles. The topological polar surface area (TPSA) is 42.4 Å². The molecule has 0 radical (unpaired) electrons. The van der Waals surface area contributed by atoms with Crippen molar-refractivity contribution in [2.75, 3.05) is 7.11 Å². The summed E-state index contributed by atoms with van der Waals surface area (Å²) in [6, 6.07) is 11.9. The number of amides is 1. The van der Waals surface area contributed by atoms with E-state index in [2.05, 4.69) is 25.4 Å². The van der Waals surface area contributed by atoms with Gasteiger partial charge in [-0.05, 0) is 48.3 Å². The van der Waals surface area contributed by atoms with E-state index < -0.39 is 5.41 Å². The summed E-state index contributed by atoms with van der Waals surface area (Å²) in [5.74, 6) is 1.56. The van der Waals surface area contributed by atoms with Gasteiger partial charge in [-0.1, -0.05) is 50.3 Å². The van der Waals surface area contributed by atoms with Gasteiger partial charge in [0.2, 0.25) is 5.91 Å². The van der Waals surface area contributed by atoms with Crippen molar-refractivity contribution in [3.8, 4) is 5.75 Å². The fraction of sp³-hybridized carbons (Fsp3) is 0.440. The SMILES string of the molecule is C=C1C2(C(=O)N(Cc3cccnc3)Cc3ccccc3OC)CCC(C2)C1(C)C. The number of para-hydroxylation sites is 1. The van der Waals surface area contributed by atoms with Crippen LogP contribution in [0.5, 0.6) is 5.75 Å². The lowest BCUT2D eigenvalue weighted by molar-refractivity contribution is -0.141. The first kappa shape index (κ1) is 19.7. The molecule has 0 saturated heterocycles. The molecule has 2 fully saturated rings. The van der Waals surface area contributed by atoms with Crippen molar-refractivity contribution in [2.45, 2.75) is 46.2 Å². The molecular weight excluding hydrogens is 360 g/mol. The summed E-state index contributed by atoms with van der Waals surface area (Å²) < 4.78 is 5.55. The third kappa shape index (κ3) is 3.25. The smallest absolute Gasteiger partial charge is 0.233 e. The first-order chi connectivity index (χ1) is 13.9. The number of ether oxygens (including phenoxy) is 1. The van der Waals surface area contributed by atoms with Gasteiger partial charge in [0.25, 0.3) is 0 Å². The zero-order valence-electron chi connectivity index (χ0n) is 17.6. The van der Waals surface area contributed by atoms with Crippen molar-refractivity contribution in [1.29, 1.82) is 0 Å². The molecule has 152 valence electrons. The molecule has 4 nitrogen and oxygen atoms in total. The highest BCUT2D eigenvalue weighted by Crippen LogP contribution is 2.66. The van der Waals surface area contributed by atoms with Crippen molar-refractivity contribution < 1.29 is 9.53 Å². The van der Waals surface area contributed by atoms with Gasteiger partial charge in [0.15, 0.2) is 0 Å². The van der Waals surface area contributed by atoms with E-state index in [1.165, 1.54) is 0 Å². The molecule has 0 spiro atoms. The maximum absolute atomic E-state index is 14.0. The second-order valence-electron chi connectivity index (χ2n) is 9.06. The Labute approximate surface area is 173 Å². The molecule has 2 aliphatic rings. The van der Waals surface area contributed by atoms with Gasteiger partial charge in [-0.3, -0.25) is 9.78 Å². The zero-order chi connectivity index (χ0) is 20.6. The molecule has 2 saturated carbocycles. The molecule has 4 heteroatoms. The molecule has 4 rings (SSSR count). The number of hydrogen-bond acceptors (Lipinski definition) is 3. The fourth-order valence-corrected chi connectivity index (χ4v) is 5.38. The van der Waals surface area contributed by atoms with Gasteiger partial charge in [0.1, 0.15) is 5.75 Å². The average Bonchev–Trinajstić information content (AvgIpc) is 3.27. The van der Waals surface area contributed by atoms with Crippen molar-refractivity contribution >= 4 is 5.91 Å². The summed E-state index contributed by atoms with van der Waals surface area (Å²) in [6.45, 7) is 9.97. The van der Waals surface area contributed by atoms with Gasteiger partial charge in [0, 0.05) is 31.0 Å². The van der Waals surface area contributed by atoms with Gasteiger partial charge in [0.05, 0.1) is 12.5 Å². The van der Waals surface area contributed by atoms with Crippen molar-refractivity contribution in [3.05, 3.63) is 72.1 Å². The quantitative estimate of drug-likeness (QED) is 0.652. The minimum Gasteiger partial charge on any atom is -0.496 e. The summed E-state index contributed by atoms with van der Waals surface area (Å²) in [5, 5.41) is 0. The van der Waals surface area contributed by atoms with Gasteiger partial charge in [-0.15, -0.1) is 0 Å². The molecule has 2 bridgehead atoms. The van der Waals surface area contributed by atoms with E-state index in [9.17, 15) is 4.79 Å². The summed E-state index contributed by atoms with van der Waals surface area (Å²) >= 11 is 0. The van der Waals surface area contributed by atoms with E-state index >= 15 is 0 Å². The number of fused-ring (bicyclic) bond motifs is 2. The van der Waals surface area contributed by atoms with Crippen LogP contribution in [-0.4, -0.2) is 22.9 Å².